The Hall–Kier alpha value is -2.54. The zero-order valence-electron chi connectivity index (χ0n) is 12.4. The number of hydrogen-bond acceptors (Lipinski definition) is 3. The molecule has 2 aromatic carbocycles. The van der Waals surface area contributed by atoms with Crippen LogP contribution in [0.2, 0.25) is 0 Å². The number of hydrogen-bond donors (Lipinski definition) is 2. The largest absolute Gasteiger partial charge is 0.489 e. The predicted molar refractivity (Wildman–Crippen MR) is 88.6 cm³/mol. The number of halogens is 3. The Balaban J connectivity index is 1.77. The van der Waals surface area contributed by atoms with Gasteiger partial charge in [0.25, 0.3) is 0 Å². The van der Waals surface area contributed by atoms with Gasteiger partial charge in [0.1, 0.15) is 18.2 Å². The first-order valence-corrected chi connectivity index (χ1v) is 7.81. The molecule has 0 unspecified atom stereocenters. The van der Waals surface area contributed by atoms with E-state index in [0.717, 1.165) is 22.2 Å². The van der Waals surface area contributed by atoms with Crippen molar-refractivity contribution in [2.75, 3.05) is 0 Å². The molecule has 7 heteroatoms. The Labute approximate surface area is 140 Å². The van der Waals surface area contributed by atoms with Crippen LogP contribution in [0.25, 0.3) is 10.1 Å². The van der Waals surface area contributed by atoms with Crippen LogP contribution in [0.3, 0.4) is 0 Å². The van der Waals surface area contributed by atoms with E-state index in [1.165, 1.54) is 17.4 Å². The minimum atomic E-state index is -4.37. The highest BCUT2D eigenvalue weighted by Gasteiger charge is 2.30. The van der Waals surface area contributed by atoms with Crippen molar-refractivity contribution in [1.82, 2.24) is 0 Å². The minimum Gasteiger partial charge on any atom is -0.489 e. The highest BCUT2D eigenvalue weighted by Crippen LogP contribution is 2.31. The number of rotatable bonds is 4. The Kier molecular flexibility index (Phi) is 4.19. The average molecular weight is 350 g/mol. The summed E-state index contributed by atoms with van der Waals surface area (Å²) in [7, 11) is 0. The van der Waals surface area contributed by atoms with E-state index in [2.05, 4.69) is 0 Å². The predicted octanol–water partition coefficient (Wildman–Crippen LogP) is 4.78. The van der Waals surface area contributed by atoms with Gasteiger partial charge in [0.05, 0.1) is 10.4 Å². The van der Waals surface area contributed by atoms with E-state index in [0.29, 0.717) is 16.2 Å². The first-order valence-electron chi connectivity index (χ1n) is 7.00. The van der Waals surface area contributed by atoms with E-state index >= 15 is 0 Å². The maximum Gasteiger partial charge on any atom is 0.416 e. The van der Waals surface area contributed by atoms with Crippen molar-refractivity contribution in [3.63, 3.8) is 0 Å². The molecule has 0 saturated heterocycles. The van der Waals surface area contributed by atoms with Crippen molar-refractivity contribution in [1.29, 1.82) is 5.41 Å². The highest BCUT2D eigenvalue weighted by atomic mass is 32.1. The van der Waals surface area contributed by atoms with Gasteiger partial charge in [0.2, 0.25) is 0 Å². The van der Waals surface area contributed by atoms with E-state index in [4.69, 9.17) is 15.9 Å². The molecular weight excluding hydrogens is 337 g/mol. The van der Waals surface area contributed by atoms with Crippen molar-refractivity contribution in [2.24, 2.45) is 5.73 Å². The highest BCUT2D eigenvalue weighted by molar-refractivity contribution is 7.20. The monoisotopic (exact) mass is 350 g/mol. The number of benzene rings is 2. The van der Waals surface area contributed by atoms with Gasteiger partial charge in [-0.25, -0.2) is 0 Å². The molecule has 0 fully saturated rings. The second-order valence-electron chi connectivity index (χ2n) is 5.21. The van der Waals surface area contributed by atoms with Gasteiger partial charge in [-0.1, -0.05) is 12.1 Å². The second kappa shape index (κ2) is 6.16. The quantitative estimate of drug-likeness (QED) is 0.525. The summed E-state index contributed by atoms with van der Waals surface area (Å²) in [5.41, 5.74) is 5.22. The lowest BCUT2D eigenvalue weighted by Gasteiger charge is -2.10. The molecule has 1 aromatic heterocycles. The lowest BCUT2D eigenvalue weighted by molar-refractivity contribution is -0.137. The molecule has 3 aromatic rings. The van der Waals surface area contributed by atoms with E-state index in [-0.39, 0.29) is 12.4 Å². The lowest BCUT2D eigenvalue weighted by atomic mass is 10.1. The third-order valence-electron chi connectivity index (χ3n) is 3.42. The minimum absolute atomic E-state index is 0.00244. The molecule has 0 aliphatic carbocycles. The summed E-state index contributed by atoms with van der Waals surface area (Å²) in [6.07, 6.45) is -4.37. The van der Waals surface area contributed by atoms with Crippen LogP contribution in [0.15, 0.2) is 48.5 Å². The fourth-order valence-corrected chi connectivity index (χ4v) is 3.19. The maximum absolute atomic E-state index is 12.7. The molecule has 0 radical (unpaired) electrons. The van der Waals surface area contributed by atoms with Crippen molar-refractivity contribution in [3.8, 4) is 5.75 Å². The van der Waals surface area contributed by atoms with Crippen LogP contribution in [0.5, 0.6) is 5.75 Å². The molecule has 124 valence electrons. The summed E-state index contributed by atoms with van der Waals surface area (Å²) >= 11 is 1.37. The van der Waals surface area contributed by atoms with Gasteiger partial charge in [0.15, 0.2) is 0 Å². The molecule has 3 rings (SSSR count). The van der Waals surface area contributed by atoms with Crippen molar-refractivity contribution in [2.45, 2.75) is 12.8 Å². The van der Waals surface area contributed by atoms with Gasteiger partial charge in [0, 0.05) is 4.70 Å². The zero-order chi connectivity index (χ0) is 17.3. The number of nitrogens with one attached hydrogen (secondary N) is 1. The molecule has 0 spiro atoms. The number of ether oxygens (including phenoxy) is 1. The van der Waals surface area contributed by atoms with Gasteiger partial charge in [-0.15, -0.1) is 11.3 Å². The molecule has 0 atom stereocenters. The molecule has 3 N–H and O–H groups in total. The summed E-state index contributed by atoms with van der Waals surface area (Å²) in [6.45, 7) is 0.0420. The Morgan fingerprint density at radius 1 is 1.12 bits per heavy atom. The van der Waals surface area contributed by atoms with Crippen LogP contribution < -0.4 is 10.5 Å². The maximum atomic E-state index is 12.7. The van der Waals surface area contributed by atoms with E-state index in [9.17, 15) is 13.2 Å². The second-order valence-corrected chi connectivity index (χ2v) is 6.29. The SMILES string of the molecule is N=C(N)c1cc2ccc(OCc3cccc(C(F)(F)F)c3)cc2s1. The number of thiophene rings is 1. The number of amidine groups is 1. The number of alkyl halides is 3. The summed E-state index contributed by atoms with van der Waals surface area (Å²) in [5, 5.41) is 8.39. The summed E-state index contributed by atoms with van der Waals surface area (Å²) in [4.78, 5) is 0.667. The summed E-state index contributed by atoms with van der Waals surface area (Å²) < 4.78 is 44.6. The molecule has 0 aliphatic rings. The first kappa shape index (κ1) is 16.3. The lowest BCUT2D eigenvalue weighted by Crippen LogP contribution is -2.08. The van der Waals surface area contributed by atoms with Crippen LogP contribution in [0, 0.1) is 5.41 Å². The number of fused-ring (bicyclic) bond motifs is 1. The third kappa shape index (κ3) is 3.51. The topological polar surface area (TPSA) is 59.1 Å². The summed E-state index contributed by atoms with van der Waals surface area (Å²) in [5.74, 6) is 0.555. The van der Waals surface area contributed by atoms with Gasteiger partial charge >= 0.3 is 6.18 Å². The standard InChI is InChI=1S/C17H13F3N2OS/c18-17(19,20)12-3-1-2-10(6-12)9-23-13-5-4-11-7-15(16(21)22)24-14(11)8-13/h1-8H,9H2,(H3,21,22). The van der Waals surface area contributed by atoms with E-state index in [1.54, 1.807) is 18.2 Å². The molecule has 0 bridgehead atoms. The molecular formula is C17H13F3N2OS. The van der Waals surface area contributed by atoms with Crippen molar-refractivity contribution < 1.29 is 17.9 Å². The van der Waals surface area contributed by atoms with Crippen LogP contribution in [-0.4, -0.2) is 5.84 Å². The summed E-state index contributed by atoms with van der Waals surface area (Å²) in [6, 6.07) is 12.3. The van der Waals surface area contributed by atoms with Crippen LogP contribution >= 0.6 is 11.3 Å². The van der Waals surface area contributed by atoms with Crippen LogP contribution in [0.1, 0.15) is 16.0 Å². The molecule has 3 nitrogen and oxygen atoms in total. The van der Waals surface area contributed by atoms with Gasteiger partial charge in [-0.2, -0.15) is 13.2 Å². The van der Waals surface area contributed by atoms with Crippen molar-refractivity contribution >= 4 is 27.3 Å². The van der Waals surface area contributed by atoms with Gasteiger partial charge in [-0.05, 0) is 47.3 Å². The van der Waals surface area contributed by atoms with Gasteiger partial charge in [-0.3, -0.25) is 5.41 Å². The van der Waals surface area contributed by atoms with E-state index in [1.807, 2.05) is 12.1 Å². The molecule has 1 heterocycles. The van der Waals surface area contributed by atoms with E-state index < -0.39 is 11.7 Å². The number of nitrogens with two attached hydrogens (primary N) is 1. The Bertz CT molecular complexity index is 902. The fraction of sp³-hybridized carbons (Fsp3) is 0.118. The van der Waals surface area contributed by atoms with Crippen LogP contribution in [-0.2, 0) is 12.8 Å². The average Bonchev–Trinajstić information content (AvgIpc) is 2.96. The number of nitrogen functional groups attached to an aromatic ring is 1. The Morgan fingerprint density at radius 2 is 1.92 bits per heavy atom. The molecule has 0 aliphatic heterocycles. The fourth-order valence-electron chi connectivity index (χ4n) is 2.24. The third-order valence-corrected chi connectivity index (χ3v) is 4.55. The molecule has 0 saturated carbocycles. The van der Waals surface area contributed by atoms with Crippen molar-refractivity contribution in [3.05, 3.63) is 64.5 Å². The normalized spacial score (nSPS) is 11.6. The Morgan fingerprint density at radius 3 is 2.62 bits per heavy atom. The molecule has 0 amide bonds. The first-order chi connectivity index (χ1) is 11.3. The van der Waals surface area contributed by atoms with Crippen LogP contribution in [0.4, 0.5) is 13.2 Å². The van der Waals surface area contributed by atoms with Gasteiger partial charge < -0.3 is 10.5 Å². The smallest absolute Gasteiger partial charge is 0.416 e. The molecule has 24 heavy (non-hydrogen) atoms. The zero-order valence-corrected chi connectivity index (χ0v) is 13.2.